The van der Waals surface area contributed by atoms with Crippen LogP contribution in [-0.2, 0) is 5.75 Å². The van der Waals surface area contributed by atoms with Crippen molar-refractivity contribution in [3.05, 3.63) is 59.4 Å². The van der Waals surface area contributed by atoms with Gasteiger partial charge in [-0.2, -0.15) is 11.8 Å². The smallest absolute Gasteiger partial charge is 0.165 e. The first kappa shape index (κ1) is 19.5. The number of benzene rings is 2. The quantitative estimate of drug-likeness (QED) is 0.453. The second kappa shape index (κ2) is 9.62. The Bertz CT molecular complexity index is 885. The van der Waals surface area contributed by atoms with Gasteiger partial charge >= 0.3 is 0 Å². The van der Waals surface area contributed by atoms with Crippen LogP contribution in [0.3, 0.4) is 0 Å². The predicted molar refractivity (Wildman–Crippen MR) is 109 cm³/mol. The van der Waals surface area contributed by atoms with Crippen LogP contribution in [0.15, 0.2) is 47.8 Å². The summed E-state index contributed by atoms with van der Waals surface area (Å²) in [6, 6.07) is 12.2. The Morgan fingerprint density at radius 1 is 1.04 bits per heavy atom. The normalized spacial score (nSPS) is 10.6. The molecule has 0 amide bonds. The summed E-state index contributed by atoms with van der Waals surface area (Å²) in [6.07, 6.45) is 0. The second-order valence-electron chi connectivity index (χ2n) is 5.55. The molecule has 4 nitrogen and oxygen atoms in total. The predicted octanol–water partition coefficient (Wildman–Crippen LogP) is 5.28. The number of hydrogen-bond acceptors (Lipinski definition) is 6. The van der Waals surface area contributed by atoms with Crippen molar-refractivity contribution < 1.29 is 18.6 Å². The molecule has 0 N–H and O–H groups in total. The van der Waals surface area contributed by atoms with Crippen molar-refractivity contribution in [2.24, 2.45) is 0 Å². The molecule has 2 aromatic carbocycles. The molecule has 0 aliphatic rings. The van der Waals surface area contributed by atoms with Crippen molar-refractivity contribution >= 4 is 23.1 Å². The molecule has 0 aliphatic carbocycles. The number of para-hydroxylation sites is 1. The van der Waals surface area contributed by atoms with Crippen LogP contribution in [0.2, 0.25) is 0 Å². The molecule has 3 rings (SSSR count). The molecule has 0 radical (unpaired) electrons. The average Bonchev–Trinajstić information content (AvgIpc) is 3.17. The number of halogens is 1. The van der Waals surface area contributed by atoms with E-state index in [0.717, 1.165) is 27.8 Å². The first-order valence-electron chi connectivity index (χ1n) is 8.33. The van der Waals surface area contributed by atoms with E-state index in [1.54, 1.807) is 55.5 Å². The molecule has 0 unspecified atom stereocenters. The maximum atomic E-state index is 13.5. The SMILES string of the molecule is COc1ccc(-c2nc(CSCCOc3ccccc3F)cs2)cc1OC. The third-order valence-electron chi connectivity index (χ3n) is 3.75. The number of aromatic nitrogens is 1. The van der Waals surface area contributed by atoms with Gasteiger partial charge in [0, 0.05) is 22.4 Å². The summed E-state index contributed by atoms with van der Waals surface area (Å²) in [6.45, 7) is 0.457. The Morgan fingerprint density at radius 3 is 2.63 bits per heavy atom. The number of rotatable bonds is 9. The van der Waals surface area contributed by atoms with Crippen LogP contribution in [0.25, 0.3) is 10.6 Å². The molecule has 0 aliphatic heterocycles. The van der Waals surface area contributed by atoms with Crippen molar-refractivity contribution in [1.29, 1.82) is 0 Å². The Morgan fingerprint density at radius 2 is 1.85 bits per heavy atom. The molecule has 1 heterocycles. The van der Waals surface area contributed by atoms with Crippen LogP contribution in [0.1, 0.15) is 5.69 Å². The van der Waals surface area contributed by atoms with Crippen molar-refractivity contribution in [3.8, 4) is 27.8 Å². The summed E-state index contributed by atoms with van der Waals surface area (Å²) >= 11 is 3.30. The summed E-state index contributed by atoms with van der Waals surface area (Å²) in [5.41, 5.74) is 2.01. The van der Waals surface area contributed by atoms with E-state index in [2.05, 4.69) is 10.4 Å². The molecule has 142 valence electrons. The average molecular weight is 406 g/mol. The maximum Gasteiger partial charge on any atom is 0.165 e. The first-order chi connectivity index (χ1) is 13.2. The van der Waals surface area contributed by atoms with E-state index in [1.807, 2.05) is 18.2 Å². The van der Waals surface area contributed by atoms with Gasteiger partial charge in [0.15, 0.2) is 23.1 Å². The number of thioether (sulfide) groups is 1. The van der Waals surface area contributed by atoms with Gasteiger partial charge in [-0.1, -0.05) is 12.1 Å². The van der Waals surface area contributed by atoms with Crippen molar-refractivity contribution in [3.63, 3.8) is 0 Å². The molecule has 0 fully saturated rings. The lowest BCUT2D eigenvalue weighted by molar-refractivity contribution is 0.325. The number of hydrogen-bond donors (Lipinski definition) is 0. The van der Waals surface area contributed by atoms with Crippen molar-refractivity contribution in [2.45, 2.75) is 5.75 Å². The third kappa shape index (κ3) is 5.14. The Kier molecular flexibility index (Phi) is 6.95. The Labute approximate surface area is 166 Å². The number of ether oxygens (including phenoxy) is 3. The van der Waals surface area contributed by atoms with E-state index >= 15 is 0 Å². The summed E-state index contributed by atoms with van der Waals surface area (Å²) in [4.78, 5) is 4.68. The minimum atomic E-state index is -0.332. The van der Waals surface area contributed by atoms with Crippen LogP contribution in [-0.4, -0.2) is 31.6 Å². The lowest BCUT2D eigenvalue weighted by Gasteiger charge is -2.08. The second-order valence-corrected chi connectivity index (χ2v) is 7.51. The van der Waals surface area contributed by atoms with E-state index in [4.69, 9.17) is 14.2 Å². The minimum Gasteiger partial charge on any atom is -0.493 e. The zero-order valence-corrected chi connectivity index (χ0v) is 16.7. The van der Waals surface area contributed by atoms with Gasteiger partial charge in [-0.05, 0) is 30.3 Å². The number of methoxy groups -OCH3 is 2. The van der Waals surface area contributed by atoms with Gasteiger partial charge in [-0.15, -0.1) is 11.3 Å². The van der Waals surface area contributed by atoms with Crippen LogP contribution in [0.4, 0.5) is 4.39 Å². The van der Waals surface area contributed by atoms with Crippen LogP contribution < -0.4 is 14.2 Å². The molecular formula is C20H20FNO3S2. The van der Waals surface area contributed by atoms with Crippen molar-refractivity contribution in [1.82, 2.24) is 4.98 Å². The Balaban J connectivity index is 1.50. The van der Waals surface area contributed by atoms with Gasteiger partial charge in [0.05, 0.1) is 26.5 Å². The fourth-order valence-electron chi connectivity index (χ4n) is 2.42. The van der Waals surface area contributed by atoms with Gasteiger partial charge in [0.2, 0.25) is 0 Å². The fourth-order valence-corrected chi connectivity index (χ4v) is 4.05. The lowest BCUT2D eigenvalue weighted by atomic mass is 10.2. The van der Waals surface area contributed by atoms with Crippen LogP contribution in [0.5, 0.6) is 17.2 Å². The molecular weight excluding hydrogens is 385 g/mol. The van der Waals surface area contributed by atoms with Gasteiger partial charge in [-0.25, -0.2) is 9.37 Å². The van der Waals surface area contributed by atoms with Crippen LogP contribution in [0, 0.1) is 5.82 Å². The first-order valence-corrected chi connectivity index (χ1v) is 10.4. The van der Waals surface area contributed by atoms with Crippen LogP contribution >= 0.6 is 23.1 Å². The number of thiazole rings is 1. The standard InChI is InChI=1S/C20H20FNO3S2/c1-23-18-8-7-14(11-19(18)24-2)20-22-15(13-27-20)12-26-10-9-25-17-6-4-3-5-16(17)21/h3-8,11,13H,9-10,12H2,1-2H3. The van der Waals surface area contributed by atoms with E-state index in [0.29, 0.717) is 23.9 Å². The topological polar surface area (TPSA) is 40.6 Å². The molecule has 1 aromatic heterocycles. The third-order valence-corrected chi connectivity index (χ3v) is 5.65. The lowest BCUT2D eigenvalue weighted by Crippen LogP contribution is -2.01. The summed E-state index contributed by atoms with van der Waals surface area (Å²) < 4.78 is 29.5. The molecule has 0 bridgehead atoms. The molecule has 0 saturated heterocycles. The molecule has 0 spiro atoms. The molecule has 0 atom stereocenters. The summed E-state index contributed by atoms with van der Waals surface area (Å²) in [5, 5.41) is 2.99. The van der Waals surface area contributed by atoms with E-state index in [1.165, 1.54) is 6.07 Å². The molecule has 27 heavy (non-hydrogen) atoms. The van der Waals surface area contributed by atoms with Gasteiger partial charge in [-0.3, -0.25) is 0 Å². The molecule has 3 aromatic rings. The van der Waals surface area contributed by atoms with E-state index < -0.39 is 0 Å². The zero-order valence-electron chi connectivity index (χ0n) is 15.1. The highest BCUT2D eigenvalue weighted by molar-refractivity contribution is 7.98. The largest absolute Gasteiger partial charge is 0.493 e. The van der Waals surface area contributed by atoms with Gasteiger partial charge in [0.25, 0.3) is 0 Å². The maximum absolute atomic E-state index is 13.5. The molecule has 0 saturated carbocycles. The highest BCUT2D eigenvalue weighted by Crippen LogP contribution is 2.33. The summed E-state index contributed by atoms with van der Waals surface area (Å²) in [5.74, 6) is 2.89. The minimum absolute atomic E-state index is 0.294. The molecule has 7 heteroatoms. The van der Waals surface area contributed by atoms with E-state index in [9.17, 15) is 4.39 Å². The number of nitrogens with zero attached hydrogens (tertiary/aromatic N) is 1. The van der Waals surface area contributed by atoms with Gasteiger partial charge < -0.3 is 14.2 Å². The zero-order chi connectivity index (χ0) is 19.1. The highest BCUT2D eigenvalue weighted by Gasteiger charge is 2.10. The fraction of sp³-hybridized carbons (Fsp3) is 0.250. The van der Waals surface area contributed by atoms with E-state index in [-0.39, 0.29) is 5.82 Å². The van der Waals surface area contributed by atoms with Crippen molar-refractivity contribution in [2.75, 3.05) is 26.6 Å². The monoisotopic (exact) mass is 405 g/mol. The van der Waals surface area contributed by atoms with Gasteiger partial charge in [0.1, 0.15) is 5.01 Å². The summed E-state index contributed by atoms with van der Waals surface area (Å²) in [7, 11) is 3.24. The Hall–Kier alpha value is -2.25. The highest BCUT2D eigenvalue weighted by atomic mass is 32.2.